The minimum atomic E-state index is -0.385. The Bertz CT molecular complexity index is 322. The highest BCUT2D eigenvalue weighted by molar-refractivity contribution is 5.86. The van der Waals surface area contributed by atoms with Crippen LogP contribution in [0.3, 0.4) is 0 Å². The van der Waals surface area contributed by atoms with Gasteiger partial charge in [0.05, 0.1) is 0 Å². The van der Waals surface area contributed by atoms with Gasteiger partial charge in [-0.05, 0) is 19.1 Å². The number of benzene rings is 1. The maximum atomic E-state index is 11.4. The van der Waals surface area contributed by atoms with Crippen LogP contribution in [0.5, 0.6) is 0 Å². The van der Waals surface area contributed by atoms with Crippen molar-refractivity contribution in [2.24, 2.45) is 5.73 Å². The molecule has 4 nitrogen and oxygen atoms in total. The van der Waals surface area contributed by atoms with Crippen molar-refractivity contribution in [3.8, 4) is 0 Å². The summed E-state index contributed by atoms with van der Waals surface area (Å²) in [6.07, 6.45) is -0.385. The number of nitrogens with two attached hydrogens (primary N) is 1. The smallest absolute Gasteiger partial charge is 0.414 e. The molecule has 1 aromatic rings. The Morgan fingerprint density at radius 1 is 1.40 bits per heavy atom. The number of amides is 1. The van der Waals surface area contributed by atoms with Crippen molar-refractivity contribution in [2.45, 2.75) is 6.92 Å². The van der Waals surface area contributed by atoms with Gasteiger partial charge < -0.3 is 10.5 Å². The second-order valence-electron chi connectivity index (χ2n) is 3.30. The fraction of sp³-hybridized carbons (Fsp3) is 0.364. The molecule has 0 aliphatic heterocycles. The van der Waals surface area contributed by atoms with Crippen molar-refractivity contribution in [1.82, 2.24) is 0 Å². The molecular weight excluding hydrogens is 192 g/mol. The van der Waals surface area contributed by atoms with Crippen molar-refractivity contribution in [3.05, 3.63) is 29.8 Å². The van der Waals surface area contributed by atoms with E-state index in [4.69, 9.17) is 10.5 Å². The summed E-state index contributed by atoms with van der Waals surface area (Å²) in [5.41, 5.74) is 7.20. The molecule has 0 atom stereocenters. The van der Waals surface area contributed by atoms with E-state index in [-0.39, 0.29) is 12.7 Å². The van der Waals surface area contributed by atoms with Gasteiger partial charge in [-0.2, -0.15) is 0 Å². The molecule has 4 heteroatoms. The van der Waals surface area contributed by atoms with Crippen molar-refractivity contribution in [2.75, 3.05) is 25.1 Å². The molecule has 0 radical (unpaired) electrons. The molecule has 0 saturated heterocycles. The highest BCUT2D eigenvalue weighted by atomic mass is 16.6. The fourth-order valence-corrected chi connectivity index (χ4v) is 1.12. The number of ether oxygens (including phenoxy) is 1. The van der Waals surface area contributed by atoms with E-state index >= 15 is 0 Å². The van der Waals surface area contributed by atoms with Crippen LogP contribution in [0.25, 0.3) is 0 Å². The molecule has 0 unspecified atom stereocenters. The molecule has 0 fully saturated rings. The van der Waals surface area contributed by atoms with Crippen LogP contribution in [-0.4, -0.2) is 26.3 Å². The van der Waals surface area contributed by atoms with Crippen molar-refractivity contribution in [3.63, 3.8) is 0 Å². The molecule has 1 rings (SSSR count). The zero-order chi connectivity index (χ0) is 11.3. The zero-order valence-electron chi connectivity index (χ0n) is 9.06. The standard InChI is InChI=1S/C11H16N2O2/c1-9-3-5-10(6-4-9)13(2)11(14)15-8-7-12/h3-6H,7-8,12H2,1-2H3. The predicted molar refractivity (Wildman–Crippen MR) is 60.0 cm³/mol. The quantitative estimate of drug-likeness (QED) is 0.819. The molecule has 0 spiro atoms. The fourth-order valence-electron chi connectivity index (χ4n) is 1.12. The molecule has 2 N–H and O–H groups in total. The maximum absolute atomic E-state index is 11.4. The third-order valence-electron chi connectivity index (χ3n) is 2.04. The SMILES string of the molecule is Cc1ccc(N(C)C(=O)OCCN)cc1. The van der Waals surface area contributed by atoms with E-state index in [1.54, 1.807) is 7.05 Å². The number of carbonyl (C=O) groups is 1. The number of nitrogens with zero attached hydrogens (tertiary/aromatic N) is 1. The maximum Gasteiger partial charge on any atom is 0.414 e. The lowest BCUT2D eigenvalue weighted by molar-refractivity contribution is 0.158. The van der Waals surface area contributed by atoms with Crippen LogP contribution in [0.4, 0.5) is 10.5 Å². The first kappa shape index (κ1) is 11.5. The van der Waals surface area contributed by atoms with E-state index in [1.165, 1.54) is 4.90 Å². The van der Waals surface area contributed by atoms with Crippen LogP contribution in [0.15, 0.2) is 24.3 Å². The summed E-state index contributed by atoms with van der Waals surface area (Å²) < 4.78 is 4.90. The number of anilines is 1. The largest absolute Gasteiger partial charge is 0.448 e. The van der Waals surface area contributed by atoms with Crippen molar-refractivity contribution in [1.29, 1.82) is 0 Å². The van der Waals surface area contributed by atoms with Gasteiger partial charge in [-0.25, -0.2) is 4.79 Å². The van der Waals surface area contributed by atoms with Gasteiger partial charge in [-0.1, -0.05) is 17.7 Å². The molecule has 0 aromatic heterocycles. The highest BCUT2D eigenvalue weighted by Crippen LogP contribution is 2.13. The Balaban J connectivity index is 2.63. The van der Waals surface area contributed by atoms with Crippen molar-refractivity contribution >= 4 is 11.8 Å². The Labute approximate surface area is 89.6 Å². The average molecular weight is 208 g/mol. The summed E-state index contributed by atoms with van der Waals surface area (Å²) in [5.74, 6) is 0. The van der Waals surface area contributed by atoms with Gasteiger partial charge in [0, 0.05) is 19.3 Å². The number of carbonyl (C=O) groups excluding carboxylic acids is 1. The van der Waals surface area contributed by atoms with Gasteiger partial charge in [0.1, 0.15) is 6.61 Å². The van der Waals surface area contributed by atoms with Crippen LogP contribution in [0.2, 0.25) is 0 Å². The Morgan fingerprint density at radius 2 is 2.00 bits per heavy atom. The topological polar surface area (TPSA) is 55.6 Å². The minimum Gasteiger partial charge on any atom is -0.448 e. The summed E-state index contributed by atoms with van der Waals surface area (Å²) >= 11 is 0. The lowest BCUT2D eigenvalue weighted by Gasteiger charge is -2.16. The van der Waals surface area contributed by atoms with Gasteiger partial charge in [0.25, 0.3) is 0 Å². The van der Waals surface area contributed by atoms with Gasteiger partial charge in [-0.15, -0.1) is 0 Å². The first-order valence-corrected chi connectivity index (χ1v) is 4.82. The zero-order valence-corrected chi connectivity index (χ0v) is 9.06. The van der Waals surface area contributed by atoms with Crippen LogP contribution in [0, 0.1) is 6.92 Å². The Morgan fingerprint density at radius 3 is 2.53 bits per heavy atom. The second-order valence-corrected chi connectivity index (χ2v) is 3.30. The van der Waals surface area contributed by atoms with E-state index in [1.807, 2.05) is 31.2 Å². The van der Waals surface area contributed by atoms with E-state index in [9.17, 15) is 4.79 Å². The van der Waals surface area contributed by atoms with E-state index in [2.05, 4.69) is 0 Å². The number of aryl methyl sites for hydroxylation is 1. The summed E-state index contributed by atoms with van der Waals surface area (Å²) in [6.45, 7) is 2.58. The minimum absolute atomic E-state index is 0.245. The second kappa shape index (κ2) is 5.36. The van der Waals surface area contributed by atoms with Crippen LogP contribution >= 0.6 is 0 Å². The summed E-state index contributed by atoms with van der Waals surface area (Å²) in [5, 5.41) is 0. The summed E-state index contributed by atoms with van der Waals surface area (Å²) in [4.78, 5) is 12.9. The van der Waals surface area contributed by atoms with Crippen LogP contribution in [-0.2, 0) is 4.74 Å². The molecule has 0 saturated carbocycles. The lowest BCUT2D eigenvalue weighted by atomic mass is 10.2. The molecule has 0 aliphatic carbocycles. The average Bonchev–Trinajstić information content (AvgIpc) is 2.26. The van der Waals surface area contributed by atoms with E-state index < -0.39 is 0 Å². The van der Waals surface area contributed by atoms with Crippen LogP contribution in [0.1, 0.15) is 5.56 Å². The highest BCUT2D eigenvalue weighted by Gasteiger charge is 2.10. The summed E-state index contributed by atoms with van der Waals surface area (Å²) in [7, 11) is 1.67. The third kappa shape index (κ3) is 3.25. The van der Waals surface area contributed by atoms with E-state index in [0.29, 0.717) is 6.54 Å². The molecule has 0 bridgehead atoms. The number of hydrogen-bond acceptors (Lipinski definition) is 3. The molecule has 82 valence electrons. The van der Waals surface area contributed by atoms with Crippen molar-refractivity contribution < 1.29 is 9.53 Å². The van der Waals surface area contributed by atoms with Gasteiger partial charge in [0.2, 0.25) is 0 Å². The molecule has 0 aliphatic rings. The molecule has 15 heavy (non-hydrogen) atoms. The van der Waals surface area contributed by atoms with Gasteiger partial charge in [-0.3, -0.25) is 4.90 Å². The van der Waals surface area contributed by atoms with E-state index in [0.717, 1.165) is 11.3 Å². The molecule has 0 heterocycles. The number of rotatable bonds is 3. The molecular formula is C11H16N2O2. The normalized spacial score (nSPS) is 9.80. The third-order valence-corrected chi connectivity index (χ3v) is 2.04. The lowest BCUT2D eigenvalue weighted by Crippen LogP contribution is -2.28. The van der Waals surface area contributed by atoms with Gasteiger partial charge in [0.15, 0.2) is 0 Å². The Hall–Kier alpha value is -1.55. The molecule has 1 aromatic carbocycles. The number of hydrogen-bond donors (Lipinski definition) is 1. The monoisotopic (exact) mass is 208 g/mol. The molecule has 1 amide bonds. The predicted octanol–water partition coefficient (Wildman–Crippen LogP) is 1.53. The first-order chi connectivity index (χ1) is 7.15. The van der Waals surface area contributed by atoms with Gasteiger partial charge >= 0.3 is 6.09 Å². The van der Waals surface area contributed by atoms with Crippen LogP contribution < -0.4 is 10.6 Å². The first-order valence-electron chi connectivity index (χ1n) is 4.82. The summed E-state index contributed by atoms with van der Waals surface area (Å²) in [6, 6.07) is 7.64. The Kier molecular flexibility index (Phi) is 4.12.